The van der Waals surface area contributed by atoms with Crippen LogP contribution in [0, 0.1) is 17.0 Å². The Balaban J connectivity index is 1.89. The fourth-order valence-corrected chi connectivity index (χ4v) is 3.69. The smallest absolute Gasteiger partial charge is 0.271 e. The van der Waals surface area contributed by atoms with Crippen LogP contribution in [0.5, 0.6) is 0 Å². The number of fused-ring (bicyclic) bond motifs is 1. The lowest BCUT2D eigenvalue weighted by atomic mass is 9.93. The van der Waals surface area contributed by atoms with Crippen LogP contribution in [-0.2, 0) is 6.42 Å². The van der Waals surface area contributed by atoms with Crippen LogP contribution >= 0.6 is 11.3 Å². The van der Waals surface area contributed by atoms with Crippen LogP contribution < -0.4 is 5.32 Å². The number of nitro groups is 1. The minimum absolute atomic E-state index is 0.138. The second-order valence-corrected chi connectivity index (χ2v) is 6.15. The van der Waals surface area contributed by atoms with Gasteiger partial charge < -0.3 is 5.32 Å². The van der Waals surface area contributed by atoms with E-state index in [2.05, 4.69) is 16.8 Å². The van der Waals surface area contributed by atoms with Crippen molar-refractivity contribution in [3.8, 4) is 0 Å². The summed E-state index contributed by atoms with van der Waals surface area (Å²) < 4.78 is 0. The number of anilines is 1. The van der Waals surface area contributed by atoms with E-state index in [-0.39, 0.29) is 16.7 Å². The molecule has 5 heteroatoms. The van der Waals surface area contributed by atoms with Crippen LogP contribution in [0.4, 0.5) is 11.4 Å². The first-order valence-corrected chi connectivity index (χ1v) is 7.61. The second-order valence-electron chi connectivity index (χ2n) is 5.14. The van der Waals surface area contributed by atoms with Crippen molar-refractivity contribution in [1.29, 1.82) is 0 Å². The van der Waals surface area contributed by atoms with Gasteiger partial charge >= 0.3 is 0 Å². The highest BCUT2D eigenvalue weighted by Gasteiger charge is 2.22. The number of non-ortho nitro benzene ring substituents is 1. The summed E-state index contributed by atoms with van der Waals surface area (Å²) in [4.78, 5) is 12.0. The van der Waals surface area contributed by atoms with Gasteiger partial charge in [0.1, 0.15) is 0 Å². The van der Waals surface area contributed by atoms with Gasteiger partial charge in [0.15, 0.2) is 0 Å². The maximum atomic E-state index is 10.9. The van der Waals surface area contributed by atoms with E-state index in [0.717, 1.165) is 24.1 Å². The van der Waals surface area contributed by atoms with Gasteiger partial charge in [-0.1, -0.05) is 6.07 Å². The zero-order valence-electron chi connectivity index (χ0n) is 11.3. The summed E-state index contributed by atoms with van der Waals surface area (Å²) in [5.41, 5.74) is 3.40. The molecule has 3 rings (SSSR count). The maximum Gasteiger partial charge on any atom is 0.271 e. The summed E-state index contributed by atoms with van der Waals surface area (Å²) in [6.45, 7) is 1.98. The van der Waals surface area contributed by atoms with Crippen molar-refractivity contribution in [3.63, 3.8) is 0 Å². The molecule has 104 valence electrons. The Labute approximate surface area is 121 Å². The van der Waals surface area contributed by atoms with Gasteiger partial charge in [0.05, 0.1) is 11.0 Å². The summed E-state index contributed by atoms with van der Waals surface area (Å²) in [6, 6.07) is 7.43. The Kier molecular flexibility index (Phi) is 3.44. The molecule has 20 heavy (non-hydrogen) atoms. The van der Waals surface area contributed by atoms with Crippen molar-refractivity contribution in [3.05, 3.63) is 55.8 Å². The molecule has 0 spiro atoms. The lowest BCUT2D eigenvalue weighted by Gasteiger charge is -2.25. The molecule has 2 aromatic rings. The predicted octanol–water partition coefficient (Wildman–Crippen LogP) is 4.45. The van der Waals surface area contributed by atoms with E-state index in [1.54, 1.807) is 29.5 Å². The Hall–Kier alpha value is -1.88. The average molecular weight is 288 g/mol. The van der Waals surface area contributed by atoms with Crippen molar-refractivity contribution in [2.24, 2.45) is 0 Å². The standard InChI is InChI=1S/C15H16N2O2S/c1-10-5-6-11(17(18)19)9-14(10)16-13-3-2-4-15-12(13)7-8-20-15/h5-9,13,16H,2-4H2,1H3. The second kappa shape index (κ2) is 5.25. The molecule has 0 saturated carbocycles. The number of thiophene rings is 1. The Morgan fingerprint density at radius 1 is 1.40 bits per heavy atom. The third-order valence-corrected chi connectivity index (χ3v) is 4.81. The molecule has 0 radical (unpaired) electrons. The van der Waals surface area contributed by atoms with Crippen LogP contribution in [0.1, 0.15) is 34.9 Å². The van der Waals surface area contributed by atoms with Gasteiger partial charge in [-0.25, -0.2) is 0 Å². The number of hydrogen-bond donors (Lipinski definition) is 1. The van der Waals surface area contributed by atoms with Crippen molar-refractivity contribution >= 4 is 22.7 Å². The number of nitrogens with one attached hydrogen (secondary N) is 1. The van der Waals surface area contributed by atoms with Crippen molar-refractivity contribution < 1.29 is 4.92 Å². The van der Waals surface area contributed by atoms with Gasteiger partial charge in [-0.3, -0.25) is 10.1 Å². The maximum absolute atomic E-state index is 10.9. The van der Waals surface area contributed by atoms with E-state index in [9.17, 15) is 10.1 Å². The molecule has 1 heterocycles. The molecule has 1 atom stereocenters. The number of benzene rings is 1. The largest absolute Gasteiger partial charge is 0.378 e. The summed E-state index contributed by atoms with van der Waals surface area (Å²) >= 11 is 1.80. The van der Waals surface area contributed by atoms with Crippen LogP contribution in [0.15, 0.2) is 29.6 Å². The minimum Gasteiger partial charge on any atom is -0.378 e. The van der Waals surface area contributed by atoms with E-state index in [1.807, 2.05) is 6.92 Å². The summed E-state index contributed by atoms with van der Waals surface area (Å²) in [5, 5.41) is 16.5. The highest BCUT2D eigenvalue weighted by Crippen LogP contribution is 2.36. The zero-order valence-corrected chi connectivity index (χ0v) is 12.1. The summed E-state index contributed by atoms with van der Waals surface area (Å²) in [5.74, 6) is 0. The molecule has 0 amide bonds. The Morgan fingerprint density at radius 2 is 2.25 bits per heavy atom. The van der Waals surface area contributed by atoms with Crippen LogP contribution in [0.2, 0.25) is 0 Å². The van der Waals surface area contributed by atoms with Crippen molar-refractivity contribution in [2.45, 2.75) is 32.2 Å². The summed E-state index contributed by atoms with van der Waals surface area (Å²) in [7, 11) is 0. The first-order chi connectivity index (χ1) is 9.65. The molecular formula is C15H16N2O2S. The Morgan fingerprint density at radius 3 is 3.05 bits per heavy atom. The van der Waals surface area contributed by atoms with Gasteiger partial charge in [0.2, 0.25) is 0 Å². The molecule has 1 N–H and O–H groups in total. The lowest BCUT2D eigenvalue weighted by Crippen LogP contribution is -2.16. The highest BCUT2D eigenvalue weighted by molar-refractivity contribution is 7.10. The molecule has 1 aliphatic carbocycles. The highest BCUT2D eigenvalue weighted by atomic mass is 32.1. The molecule has 4 nitrogen and oxygen atoms in total. The van der Waals surface area contributed by atoms with Crippen LogP contribution in [-0.4, -0.2) is 4.92 Å². The molecule has 1 aliphatic rings. The quantitative estimate of drug-likeness (QED) is 0.670. The molecule has 0 aliphatic heterocycles. The first-order valence-electron chi connectivity index (χ1n) is 6.73. The number of hydrogen-bond acceptors (Lipinski definition) is 4. The Bertz CT molecular complexity index is 651. The van der Waals surface area contributed by atoms with E-state index in [1.165, 1.54) is 16.9 Å². The fourth-order valence-electron chi connectivity index (χ4n) is 2.70. The molecule has 0 fully saturated rings. The van der Waals surface area contributed by atoms with Gasteiger partial charge in [-0.05, 0) is 48.8 Å². The monoisotopic (exact) mass is 288 g/mol. The van der Waals surface area contributed by atoms with E-state index in [4.69, 9.17) is 0 Å². The molecular weight excluding hydrogens is 272 g/mol. The normalized spacial score (nSPS) is 17.6. The number of nitrogens with zero attached hydrogens (tertiary/aromatic N) is 1. The third kappa shape index (κ3) is 2.41. The van der Waals surface area contributed by atoms with Gasteiger partial charge in [-0.15, -0.1) is 11.3 Å². The average Bonchev–Trinajstić information content (AvgIpc) is 2.90. The molecule has 1 aromatic heterocycles. The zero-order chi connectivity index (χ0) is 14.1. The van der Waals surface area contributed by atoms with Gasteiger partial charge in [0.25, 0.3) is 5.69 Å². The van der Waals surface area contributed by atoms with E-state index < -0.39 is 0 Å². The molecule has 1 unspecified atom stereocenters. The minimum atomic E-state index is -0.346. The third-order valence-electron chi connectivity index (χ3n) is 3.81. The topological polar surface area (TPSA) is 55.2 Å². The number of rotatable bonds is 3. The fraction of sp³-hybridized carbons (Fsp3) is 0.333. The van der Waals surface area contributed by atoms with Gasteiger partial charge in [0, 0.05) is 22.7 Å². The van der Waals surface area contributed by atoms with E-state index >= 15 is 0 Å². The molecule has 1 aromatic carbocycles. The predicted molar refractivity (Wildman–Crippen MR) is 81.5 cm³/mol. The van der Waals surface area contributed by atoms with Gasteiger partial charge in [-0.2, -0.15) is 0 Å². The van der Waals surface area contributed by atoms with Crippen molar-refractivity contribution in [1.82, 2.24) is 0 Å². The SMILES string of the molecule is Cc1ccc([N+](=O)[O-])cc1NC1CCCc2sccc21. The van der Waals surface area contributed by atoms with Crippen LogP contribution in [0.25, 0.3) is 0 Å². The lowest BCUT2D eigenvalue weighted by molar-refractivity contribution is -0.384. The molecule has 0 bridgehead atoms. The summed E-state index contributed by atoms with van der Waals surface area (Å²) in [6.07, 6.45) is 3.39. The number of aryl methyl sites for hydroxylation is 2. The first kappa shape index (κ1) is 13.1. The number of nitro benzene ring substituents is 1. The molecule has 0 saturated heterocycles. The van der Waals surface area contributed by atoms with Crippen LogP contribution in [0.3, 0.4) is 0 Å². The van der Waals surface area contributed by atoms with Crippen molar-refractivity contribution in [2.75, 3.05) is 5.32 Å². The van der Waals surface area contributed by atoms with E-state index in [0.29, 0.717) is 0 Å².